The molecule has 2 aromatic rings. The number of thiazole rings is 1. The Bertz CT molecular complexity index is 564. The van der Waals surface area contributed by atoms with Crippen LogP contribution in [0.15, 0.2) is 24.3 Å². The molecule has 0 saturated carbocycles. The van der Waals surface area contributed by atoms with Crippen molar-refractivity contribution in [2.24, 2.45) is 0 Å². The number of amides is 1. The van der Waals surface area contributed by atoms with Crippen LogP contribution in [0.4, 0.5) is 0 Å². The van der Waals surface area contributed by atoms with Crippen LogP contribution in [0.5, 0.6) is 0 Å². The van der Waals surface area contributed by atoms with E-state index in [1.54, 1.807) is 11.3 Å². The zero-order chi connectivity index (χ0) is 15.3. The normalized spacial score (nSPS) is 11.8. The van der Waals surface area contributed by atoms with Crippen LogP contribution in [0.25, 0.3) is 10.2 Å². The van der Waals surface area contributed by atoms with Crippen molar-refractivity contribution in [3.05, 3.63) is 29.3 Å². The van der Waals surface area contributed by atoms with E-state index in [1.165, 1.54) is 0 Å². The summed E-state index contributed by atoms with van der Waals surface area (Å²) in [5.74, 6) is -0.0213. The van der Waals surface area contributed by atoms with Gasteiger partial charge in [-0.1, -0.05) is 26.0 Å². The summed E-state index contributed by atoms with van der Waals surface area (Å²) in [7, 11) is 0. The lowest BCUT2D eigenvalue weighted by Crippen LogP contribution is -2.50. The SMILES string of the molecule is CCC(CC)(CO)NC(=O)CCc1nc2ccccc2s1. The predicted molar refractivity (Wildman–Crippen MR) is 86.5 cm³/mol. The average molecular weight is 306 g/mol. The van der Waals surface area contributed by atoms with Crippen LogP contribution in [0.1, 0.15) is 38.1 Å². The van der Waals surface area contributed by atoms with Gasteiger partial charge in [0, 0.05) is 12.8 Å². The lowest BCUT2D eigenvalue weighted by atomic mass is 9.93. The van der Waals surface area contributed by atoms with E-state index in [-0.39, 0.29) is 12.5 Å². The number of aromatic nitrogens is 1. The van der Waals surface area contributed by atoms with E-state index in [4.69, 9.17) is 0 Å². The molecule has 1 aromatic carbocycles. The van der Waals surface area contributed by atoms with Gasteiger partial charge >= 0.3 is 0 Å². The van der Waals surface area contributed by atoms with Crippen LogP contribution in [0, 0.1) is 0 Å². The molecule has 0 aliphatic rings. The molecule has 0 aliphatic heterocycles. The molecule has 0 spiro atoms. The van der Waals surface area contributed by atoms with Gasteiger partial charge in [-0.2, -0.15) is 0 Å². The van der Waals surface area contributed by atoms with Crippen molar-refractivity contribution >= 4 is 27.5 Å². The summed E-state index contributed by atoms with van der Waals surface area (Å²) >= 11 is 1.63. The van der Waals surface area contributed by atoms with Crippen molar-refractivity contribution in [2.45, 2.75) is 45.1 Å². The van der Waals surface area contributed by atoms with Crippen molar-refractivity contribution in [3.8, 4) is 0 Å². The van der Waals surface area contributed by atoms with Gasteiger partial charge in [0.05, 0.1) is 27.4 Å². The number of aliphatic hydroxyl groups excluding tert-OH is 1. The molecule has 2 rings (SSSR count). The molecular weight excluding hydrogens is 284 g/mol. The lowest BCUT2D eigenvalue weighted by Gasteiger charge is -2.30. The number of hydrogen-bond acceptors (Lipinski definition) is 4. The Morgan fingerprint density at radius 3 is 2.67 bits per heavy atom. The molecule has 0 atom stereocenters. The summed E-state index contributed by atoms with van der Waals surface area (Å²) in [5, 5.41) is 13.4. The van der Waals surface area contributed by atoms with Gasteiger partial charge in [0.15, 0.2) is 0 Å². The standard InChI is InChI=1S/C16H22N2O2S/c1-3-16(4-2,11-19)18-14(20)9-10-15-17-12-7-5-6-8-13(12)21-15/h5-8,19H,3-4,9-11H2,1-2H3,(H,18,20). The van der Waals surface area contributed by atoms with Gasteiger partial charge in [0.25, 0.3) is 0 Å². The van der Waals surface area contributed by atoms with E-state index in [1.807, 2.05) is 38.1 Å². The first-order chi connectivity index (χ1) is 10.1. The highest BCUT2D eigenvalue weighted by Gasteiger charge is 2.26. The second kappa shape index (κ2) is 7.00. The van der Waals surface area contributed by atoms with Crippen LogP contribution in [-0.4, -0.2) is 28.1 Å². The lowest BCUT2D eigenvalue weighted by molar-refractivity contribution is -0.123. The van der Waals surface area contributed by atoms with Gasteiger partial charge in [0.2, 0.25) is 5.91 Å². The molecule has 5 heteroatoms. The Morgan fingerprint density at radius 1 is 1.33 bits per heavy atom. The Kier molecular flexibility index (Phi) is 5.31. The fourth-order valence-electron chi connectivity index (χ4n) is 2.30. The molecular formula is C16H22N2O2S. The fraction of sp³-hybridized carbons (Fsp3) is 0.500. The second-order valence-electron chi connectivity index (χ2n) is 5.27. The molecule has 0 fully saturated rings. The van der Waals surface area contributed by atoms with E-state index in [0.29, 0.717) is 12.8 Å². The zero-order valence-corrected chi connectivity index (χ0v) is 13.4. The zero-order valence-electron chi connectivity index (χ0n) is 12.6. The van der Waals surface area contributed by atoms with E-state index >= 15 is 0 Å². The van der Waals surface area contributed by atoms with Crippen molar-refractivity contribution in [1.82, 2.24) is 10.3 Å². The Labute approximate surface area is 129 Å². The number of carbonyl (C=O) groups excluding carboxylic acids is 1. The number of aryl methyl sites for hydroxylation is 1. The molecule has 1 aromatic heterocycles. The first-order valence-corrected chi connectivity index (χ1v) is 8.20. The quantitative estimate of drug-likeness (QED) is 0.827. The third-order valence-electron chi connectivity index (χ3n) is 3.96. The van der Waals surface area contributed by atoms with Crippen molar-refractivity contribution in [1.29, 1.82) is 0 Å². The number of benzene rings is 1. The third kappa shape index (κ3) is 3.80. The number of nitrogens with zero attached hydrogens (tertiary/aromatic N) is 1. The van der Waals surface area contributed by atoms with Crippen LogP contribution in [0.3, 0.4) is 0 Å². The van der Waals surface area contributed by atoms with Gasteiger partial charge in [-0.15, -0.1) is 11.3 Å². The minimum atomic E-state index is -0.481. The minimum absolute atomic E-state index is 0.0210. The highest BCUT2D eigenvalue weighted by molar-refractivity contribution is 7.18. The maximum Gasteiger partial charge on any atom is 0.220 e. The largest absolute Gasteiger partial charge is 0.394 e. The van der Waals surface area contributed by atoms with Crippen LogP contribution >= 0.6 is 11.3 Å². The molecule has 114 valence electrons. The van der Waals surface area contributed by atoms with E-state index in [9.17, 15) is 9.90 Å². The fourth-order valence-corrected chi connectivity index (χ4v) is 3.26. The summed E-state index contributed by atoms with van der Waals surface area (Å²) in [6.07, 6.45) is 2.50. The summed E-state index contributed by atoms with van der Waals surface area (Å²) in [6.45, 7) is 3.94. The average Bonchev–Trinajstić information content (AvgIpc) is 2.94. The number of nitrogens with one attached hydrogen (secondary N) is 1. The summed E-state index contributed by atoms with van der Waals surface area (Å²) in [6, 6.07) is 7.99. The van der Waals surface area contributed by atoms with E-state index in [0.717, 1.165) is 28.1 Å². The maximum atomic E-state index is 12.1. The topological polar surface area (TPSA) is 62.2 Å². The van der Waals surface area contributed by atoms with Crippen LogP contribution < -0.4 is 5.32 Å². The number of rotatable bonds is 7. The van der Waals surface area contributed by atoms with Crippen LogP contribution in [0.2, 0.25) is 0 Å². The molecule has 0 aliphatic carbocycles. The number of carbonyl (C=O) groups is 1. The molecule has 0 saturated heterocycles. The molecule has 0 bridgehead atoms. The Balaban J connectivity index is 1.94. The van der Waals surface area contributed by atoms with Crippen molar-refractivity contribution in [2.75, 3.05) is 6.61 Å². The predicted octanol–water partition coefficient (Wildman–Crippen LogP) is 2.90. The highest BCUT2D eigenvalue weighted by Crippen LogP contribution is 2.22. The summed E-state index contributed by atoms with van der Waals surface area (Å²) < 4.78 is 1.15. The number of aliphatic hydroxyl groups is 1. The van der Waals surface area contributed by atoms with E-state index < -0.39 is 5.54 Å². The molecule has 0 unspecified atom stereocenters. The van der Waals surface area contributed by atoms with Crippen molar-refractivity contribution in [3.63, 3.8) is 0 Å². The molecule has 21 heavy (non-hydrogen) atoms. The molecule has 0 radical (unpaired) electrons. The third-order valence-corrected chi connectivity index (χ3v) is 5.06. The van der Waals surface area contributed by atoms with Crippen molar-refractivity contribution < 1.29 is 9.90 Å². The second-order valence-corrected chi connectivity index (χ2v) is 6.38. The van der Waals surface area contributed by atoms with Crippen LogP contribution in [-0.2, 0) is 11.2 Å². The monoisotopic (exact) mass is 306 g/mol. The van der Waals surface area contributed by atoms with E-state index in [2.05, 4.69) is 10.3 Å². The summed E-state index contributed by atoms with van der Waals surface area (Å²) in [5.41, 5.74) is 0.509. The summed E-state index contributed by atoms with van der Waals surface area (Å²) in [4.78, 5) is 16.6. The van der Waals surface area contributed by atoms with Gasteiger partial charge in [-0.25, -0.2) is 4.98 Å². The Morgan fingerprint density at radius 2 is 2.05 bits per heavy atom. The molecule has 1 heterocycles. The smallest absolute Gasteiger partial charge is 0.220 e. The van der Waals surface area contributed by atoms with Gasteiger partial charge in [0.1, 0.15) is 0 Å². The first-order valence-electron chi connectivity index (χ1n) is 7.39. The maximum absolute atomic E-state index is 12.1. The Hall–Kier alpha value is -1.46. The number of fused-ring (bicyclic) bond motifs is 1. The molecule has 4 nitrogen and oxygen atoms in total. The number of para-hydroxylation sites is 1. The van der Waals surface area contributed by atoms with Gasteiger partial charge < -0.3 is 10.4 Å². The minimum Gasteiger partial charge on any atom is -0.394 e. The first kappa shape index (κ1) is 15.9. The number of hydrogen-bond donors (Lipinski definition) is 2. The highest BCUT2D eigenvalue weighted by atomic mass is 32.1. The van der Waals surface area contributed by atoms with Gasteiger partial charge in [-0.3, -0.25) is 4.79 Å². The van der Waals surface area contributed by atoms with Gasteiger partial charge in [-0.05, 0) is 25.0 Å². The molecule has 2 N–H and O–H groups in total. The molecule has 1 amide bonds.